The summed E-state index contributed by atoms with van der Waals surface area (Å²) < 4.78 is 40.3. The number of benzene rings is 8. The van der Waals surface area contributed by atoms with Crippen molar-refractivity contribution in [1.82, 2.24) is 0 Å². The number of aromatic carboxylic acids is 1. The Morgan fingerprint density at radius 2 is 0.772 bits per heavy atom. The number of hydrogen-bond acceptors (Lipinski definition) is 11. The molecule has 0 spiro atoms. The third-order valence-corrected chi connectivity index (χ3v) is 11.2. The standard InChI is InChI=1S/C13H10O.C10H12O.C9H8O3.C8H5F3O.C8H6O3.C8H8OS.C8H8O/c14-10-11-6-8-13(9-7-11)12-4-2-1-3-5-12;1-8(2)10-5-3-9(7-11)4-6-10;1-12-9(11)8-4-2-7(6-10)3-5-8;9-8(10,11)7-3-1-6(5-12)2-4-7;9-5-6-1-3-7(4-2-6)8(10)11;1-10-8-4-2-7(6-9)3-5-8;1-7-2-4-8(6-9)5-3-7/h1-10H;3-8H,1-2H3;2-6H,1H3;1-5H;1-5H,(H,10,11);2-6H,1H3;2-6H,1H3. The van der Waals surface area contributed by atoms with Crippen LogP contribution in [-0.4, -0.2) is 74.4 Å². The van der Waals surface area contributed by atoms with Crippen LogP contribution in [0, 0.1) is 6.92 Å². The van der Waals surface area contributed by atoms with Gasteiger partial charge in [0, 0.05) is 43.8 Å². The molecule has 0 saturated heterocycles. The van der Waals surface area contributed by atoms with Gasteiger partial charge in [-0.3, -0.25) is 33.6 Å². The molecule has 406 valence electrons. The van der Waals surface area contributed by atoms with Gasteiger partial charge in [0.1, 0.15) is 44.0 Å². The number of rotatable bonds is 12. The monoisotopic (exact) mass is 1090 g/mol. The molecule has 8 aromatic carbocycles. The van der Waals surface area contributed by atoms with E-state index in [2.05, 4.69) is 30.7 Å². The number of hydrogen-bond donors (Lipinski definition) is 1. The molecule has 0 aliphatic rings. The number of ether oxygens (including phenoxy) is 1. The molecular weight excluding hydrogens is 1030 g/mol. The summed E-state index contributed by atoms with van der Waals surface area (Å²) in [5, 5.41) is 8.46. The Morgan fingerprint density at radius 1 is 0.456 bits per heavy atom. The summed E-state index contributed by atoms with van der Waals surface area (Å²) >= 11 is 1.67. The van der Waals surface area contributed by atoms with Crippen molar-refractivity contribution >= 4 is 67.7 Å². The lowest BCUT2D eigenvalue weighted by Gasteiger charge is -2.04. The van der Waals surface area contributed by atoms with E-state index < -0.39 is 23.7 Å². The van der Waals surface area contributed by atoms with E-state index in [0.29, 0.717) is 40.7 Å². The Kier molecular flexibility index (Phi) is 30.3. The number of halogens is 3. The molecule has 1 N–H and O–H groups in total. The second kappa shape index (κ2) is 36.5. The number of carboxylic acids is 1. The van der Waals surface area contributed by atoms with Crippen LogP contribution in [0.5, 0.6) is 0 Å². The van der Waals surface area contributed by atoms with Crippen molar-refractivity contribution in [3.05, 3.63) is 267 Å². The molecule has 0 aliphatic heterocycles. The fourth-order valence-electron chi connectivity index (χ4n) is 5.94. The summed E-state index contributed by atoms with van der Waals surface area (Å²) in [6.07, 6.45) is 2.99. The van der Waals surface area contributed by atoms with Crippen LogP contribution >= 0.6 is 11.8 Å². The predicted octanol–water partition coefficient (Wildman–Crippen LogP) is 14.8. The Balaban J connectivity index is 0.000000316. The number of esters is 1. The minimum absolute atomic E-state index is 0.190. The van der Waals surface area contributed by atoms with Gasteiger partial charge in [0.15, 0.2) is 0 Å². The van der Waals surface area contributed by atoms with E-state index >= 15 is 0 Å². The topological polar surface area (TPSA) is 183 Å². The number of aryl methyl sites for hydroxylation is 1. The molecule has 0 amide bonds. The van der Waals surface area contributed by atoms with Crippen LogP contribution in [0.25, 0.3) is 11.1 Å². The van der Waals surface area contributed by atoms with Crippen LogP contribution < -0.4 is 0 Å². The minimum Gasteiger partial charge on any atom is -0.478 e. The Morgan fingerprint density at radius 3 is 1.10 bits per heavy atom. The lowest BCUT2D eigenvalue weighted by atomic mass is 10.0. The first kappa shape index (κ1) is 65.6. The number of aldehydes is 7. The third kappa shape index (κ3) is 25.8. The zero-order chi connectivity index (χ0) is 58.6. The van der Waals surface area contributed by atoms with Crippen LogP contribution in [0.3, 0.4) is 0 Å². The molecule has 0 fully saturated rings. The van der Waals surface area contributed by atoms with E-state index in [0.717, 1.165) is 78.0 Å². The normalized spacial score (nSPS) is 9.68. The second-order valence-corrected chi connectivity index (χ2v) is 17.4. The summed E-state index contributed by atoms with van der Waals surface area (Å²) in [6.45, 7) is 6.26. The molecule has 0 heterocycles. The summed E-state index contributed by atoms with van der Waals surface area (Å²) in [4.78, 5) is 93.9. The molecule has 0 aliphatic carbocycles. The predicted molar refractivity (Wildman–Crippen MR) is 302 cm³/mol. The highest BCUT2D eigenvalue weighted by Gasteiger charge is 2.29. The van der Waals surface area contributed by atoms with Crippen molar-refractivity contribution in [3.63, 3.8) is 0 Å². The Bertz CT molecular complexity index is 3110. The van der Waals surface area contributed by atoms with Gasteiger partial charge in [-0.05, 0) is 84.3 Å². The maximum Gasteiger partial charge on any atom is 0.416 e. The SMILES string of the molecule is CC(C)c1ccc(C=O)cc1.COC(=O)c1ccc(C=O)cc1.CSc1ccc(C=O)cc1.Cc1ccc(C=O)cc1.O=Cc1ccc(-c2ccccc2)cc1.O=Cc1ccc(C(=O)O)cc1.O=Cc1ccc(C(F)(F)F)cc1. The van der Waals surface area contributed by atoms with Gasteiger partial charge in [-0.1, -0.05) is 171 Å². The summed E-state index contributed by atoms with van der Waals surface area (Å²) in [5.74, 6) is -0.842. The van der Waals surface area contributed by atoms with Crippen molar-refractivity contribution in [2.45, 2.75) is 37.8 Å². The quantitative estimate of drug-likeness (QED) is 0.0695. The molecule has 0 saturated carbocycles. The molecule has 15 heteroatoms. The van der Waals surface area contributed by atoms with Gasteiger partial charge in [-0.25, -0.2) is 9.59 Å². The second-order valence-electron chi connectivity index (χ2n) is 16.5. The van der Waals surface area contributed by atoms with Crippen molar-refractivity contribution in [2.75, 3.05) is 13.4 Å². The molecule has 0 bridgehead atoms. The third-order valence-electron chi connectivity index (χ3n) is 10.5. The average Bonchev–Trinajstić information content (AvgIpc) is 3.50. The van der Waals surface area contributed by atoms with Crippen molar-refractivity contribution < 1.29 is 66.2 Å². The molecule has 0 atom stereocenters. The van der Waals surface area contributed by atoms with Crippen molar-refractivity contribution in [1.29, 1.82) is 0 Å². The molecule has 11 nitrogen and oxygen atoms in total. The number of carbonyl (C=O) groups excluding carboxylic acids is 8. The molecule has 0 radical (unpaired) electrons. The maximum atomic E-state index is 11.9. The Labute approximate surface area is 461 Å². The zero-order valence-corrected chi connectivity index (χ0v) is 44.6. The number of thioether (sulfide) groups is 1. The van der Waals surface area contributed by atoms with E-state index in [-0.39, 0.29) is 11.1 Å². The van der Waals surface area contributed by atoms with Crippen LogP contribution in [0.15, 0.2) is 205 Å². The van der Waals surface area contributed by atoms with Gasteiger partial charge in [0.25, 0.3) is 0 Å². The molecule has 79 heavy (non-hydrogen) atoms. The summed E-state index contributed by atoms with van der Waals surface area (Å²) in [5.41, 5.74) is 8.85. The average molecular weight is 1090 g/mol. The highest BCUT2D eigenvalue weighted by atomic mass is 32.2. The molecule has 0 unspecified atom stereocenters. The van der Waals surface area contributed by atoms with Gasteiger partial charge in [0.05, 0.1) is 23.8 Å². The lowest BCUT2D eigenvalue weighted by molar-refractivity contribution is -0.137. The largest absolute Gasteiger partial charge is 0.478 e. The zero-order valence-electron chi connectivity index (χ0n) is 43.7. The first-order chi connectivity index (χ1) is 37.9. The van der Waals surface area contributed by atoms with Crippen molar-refractivity contribution in [3.8, 4) is 11.1 Å². The van der Waals surface area contributed by atoms with E-state index in [9.17, 15) is 56.3 Å². The van der Waals surface area contributed by atoms with Crippen LogP contribution in [-0.2, 0) is 10.9 Å². The fourth-order valence-corrected chi connectivity index (χ4v) is 6.35. The first-order valence-electron chi connectivity index (χ1n) is 23.7. The van der Waals surface area contributed by atoms with Crippen LogP contribution in [0.1, 0.15) is 130 Å². The Hall–Kier alpha value is -9.47. The van der Waals surface area contributed by atoms with Gasteiger partial charge in [0.2, 0.25) is 0 Å². The number of carboxylic acid groups (broad SMARTS) is 1. The van der Waals surface area contributed by atoms with Gasteiger partial charge in [-0.2, -0.15) is 13.2 Å². The molecule has 0 aromatic heterocycles. The fraction of sp³-hybridized carbons (Fsp3) is 0.109. The van der Waals surface area contributed by atoms with E-state index in [1.165, 1.54) is 53.0 Å². The molecular formula is C64H57F3O11S. The van der Waals surface area contributed by atoms with Crippen molar-refractivity contribution in [2.24, 2.45) is 0 Å². The van der Waals surface area contributed by atoms with E-state index in [1.54, 1.807) is 36.0 Å². The number of methoxy groups -OCH3 is 1. The number of alkyl halides is 3. The van der Waals surface area contributed by atoms with E-state index in [4.69, 9.17) is 5.11 Å². The van der Waals surface area contributed by atoms with Crippen LogP contribution in [0.4, 0.5) is 13.2 Å². The molecule has 8 aromatic rings. The van der Waals surface area contributed by atoms with Gasteiger partial charge >= 0.3 is 18.1 Å². The van der Waals surface area contributed by atoms with Crippen LogP contribution in [0.2, 0.25) is 0 Å². The number of carbonyl (C=O) groups is 9. The minimum atomic E-state index is -4.33. The highest BCUT2D eigenvalue weighted by molar-refractivity contribution is 7.98. The maximum absolute atomic E-state index is 11.9. The first-order valence-corrected chi connectivity index (χ1v) is 24.9. The van der Waals surface area contributed by atoms with Gasteiger partial charge < -0.3 is 9.84 Å². The molecule has 8 rings (SSSR count). The smallest absolute Gasteiger partial charge is 0.416 e. The summed E-state index contributed by atoms with van der Waals surface area (Å²) in [6, 6.07) is 56.3. The van der Waals surface area contributed by atoms with Gasteiger partial charge in [-0.15, -0.1) is 11.8 Å². The summed E-state index contributed by atoms with van der Waals surface area (Å²) in [7, 11) is 1.32. The lowest BCUT2D eigenvalue weighted by Crippen LogP contribution is -2.04. The highest BCUT2D eigenvalue weighted by Crippen LogP contribution is 2.29. The van der Waals surface area contributed by atoms with E-state index in [1.807, 2.05) is 128 Å².